The van der Waals surface area contributed by atoms with Crippen LogP contribution in [0.2, 0.25) is 0 Å². The van der Waals surface area contributed by atoms with Crippen LogP contribution in [-0.4, -0.2) is 69.7 Å². The van der Waals surface area contributed by atoms with Crippen molar-refractivity contribution < 1.29 is 8.42 Å². The van der Waals surface area contributed by atoms with Gasteiger partial charge in [0.25, 0.3) is 0 Å². The lowest BCUT2D eigenvalue weighted by Gasteiger charge is -2.19. The van der Waals surface area contributed by atoms with E-state index in [-0.39, 0.29) is 29.7 Å². The summed E-state index contributed by atoms with van der Waals surface area (Å²) >= 11 is 1.57. The molecular formula is C15H31IN6O2S2. The van der Waals surface area contributed by atoms with Crippen molar-refractivity contribution in [1.29, 1.82) is 0 Å². The molecule has 0 aliphatic heterocycles. The number of hydrogen-bond acceptors (Lipinski definition) is 6. The van der Waals surface area contributed by atoms with Crippen LogP contribution in [0.3, 0.4) is 0 Å². The minimum absolute atomic E-state index is 0. The largest absolute Gasteiger partial charge is 0.357 e. The van der Waals surface area contributed by atoms with Crippen LogP contribution in [0.1, 0.15) is 26.5 Å². The van der Waals surface area contributed by atoms with Crippen molar-refractivity contribution in [2.45, 2.75) is 27.3 Å². The molecule has 11 heteroatoms. The number of aromatic nitrogens is 1. The molecule has 0 amide bonds. The quantitative estimate of drug-likeness (QED) is 0.278. The average Bonchev–Trinajstić information content (AvgIpc) is 3.02. The molecule has 0 fully saturated rings. The van der Waals surface area contributed by atoms with Gasteiger partial charge >= 0.3 is 0 Å². The summed E-state index contributed by atoms with van der Waals surface area (Å²) in [7, 11) is 0.670. The molecule has 2 N–H and O–H groups in total. The molecule has 26 heavy (non-hydrogen) atoms. The summed E-state index contributed by atoms with van der Waals surface area (Å²) < 4.78 is 25.9. The fourth-order valence-electron chi connectivity index (χ4n) is 2.12. The maximum absolute atomic E-state index is 12.2. The number of anilines is 1. The zero-order valence-electron chi connectivity index (χ0n) is 16.2. The van der Waals surface area contributed by atoms with Crippen LogP contribution in [0.15, 0.2) is 10.4 Å². The molecule has 1 aromatic rings. The third kappa shape index (κ3) is 8.35. The van der Waals surface area contributed by atoms with Crippen molar-refractivity contribution in [2.24, 2.45) is 4.99 Å². The molecule has 0 atom stereocenters. The predicted molar refractivity (Wildman–Crippen MR) is 121 cm³/mol. The van der Waals surface area contributed by atoms with Crippen LogP contribution in [0.25, 0.3) is 0 Å². The summed E-state index contributed by atoms with van der Waals surface area (Å²) in [5, 5.41) is 9.12. The van der Waals surface area contributed by atoms with Gasteiger partial charge in [0.1, 0.15) is 0 Å². The molecule has 8 nitrogen and oxygen atoms in total. The van der Waals surface area contributed by atoms with Crippen molar-refractivity contribution in [3.05, 3.63) is 11.1 Å². The molecule has 1 heterocycles. The Hall–Kier alpha value is -0.660. The average molecular weight is 518 g/mol. The van der Waals surface area contributed by atoms with Crippen LogP contribution in [0.4, 0.5) is 5.13 Å². The Morgan fingerprint density at radius 1 is 1.23 bits per heavy atom. The Balaban J connectivity index is 0.00000625. The van der Waals surface area contributed by atoms with E-state index in [0.29, 0.717) is 38.7 Å². The maximum Gasteiger partial charge on any atom is 0.215 e. The Bertz CT molecular complexity index is 644. The smallest absolute Gasteiger partial charge is 0.215 e. The van der Waals surface area contributed by atoms with Gasteiger partial charge in [-0.3, -0.25) is 0 Å². The van der Waals surface area contributed by atoms with Crippen LogP contribution < -0.4 is 15.5 Å². The normalized spacial score (nSPS) is 12.0. The molecule has 0 saturated carbocycles. The van der Waals surface area contributed by atoms with Crippen LogP contribution in [0.5, 0.6) is 0 Å². The molecule has 0 aliphatic carbocycles. The Morgan fingerprint density at radius 2 is 1.88 bits per heavy atom. The molecule has 1 rings (SSSR count). The highest BCUT2D eigenvalue weighted by atomic mass is 127. The molecular weight excluding hydrogens is 487 g/mol. The molecule has 0 spiro atoms. The maximum atomic E-state index is 12.2. The fraction of sp³-hybridized carbons (Fsp3) is 0.733. The van der Waals surface area contributed by atoms with Gasteiger partial charge in [0.2, 0.25) is 10.0 Å². The Kier molecular flexibility index (Phi) is 12.4. The zero-order valence-corrected chi connectivity index (χ0v) is 20.1. The molecule has 152 valence electrons. The second-order valence-electron chi connectivity index (χ2n) is 5.54. The first-order valence-corrected chi connectivity index (χ1v) is 10.9. The molecule has 0 radical (unpaired) electrons. The summed E-state index contributed by atoms with van der Waals surface area (Å²) in [6.07, 6.45) is 0. The van der Waals surface area contributed by atoms with E-state index < -0.39 is 10.0 Å². The van der Waals surface area contributed by atoms with Crippen molar-refractivity contribution in [3.8, 4) is 0 Å². The van der Waals surface area contributed by atoms with Gasteiger partial charge in [-0.05, 0) is 6.92 Å². The second-order valence-corrected chi connectivity index (χ2v) is 8.46. The second kappa shape index (κ2) is 12.7. The molecule has 1 aromatic heterocycles. The molecule has 0 bridgehead atoms. The highest BCUT2D eigenvalue weighted by Crippen LogP contribution is 2.18. The lowest BCUT2D eigenvalue weighted by atomic mass is 10.5. The lowest BCUT2D eigenvalue weighted by Crippen LogP contribution is -2.42. The van der Waals surface area contributed by atoms with E-state index in [1.165, 1.54) is 4.31 Å². The predicted octanol–water partition coefficient (Wildman–Crippen LogP) is 1.55. The van der Waals surface area contributed by atoms with Gasteiger partial charge in [0.15, 0.2) is 11.1 Å². The van der Waals surface area contributed by atoms with Crippen molar-refractivity contribution in [2.75, 3.05) is 50.9 Å². The number of halogens is 1. The van der Waals surface area contributed by atoms with Gasteiger partial charge in [-0.2, -0.15) is 0 Å². The van der Waals surface area contributed by atoms with Gasteiger partial charge in [0, 0.05) is 45.7 Å². The van der Waals surface area contributed by atoms with Gasteiger partial charge in [0.05, 0.1) is 18.0 Å². The Morgan fingerprint density at radius 3 is 2.38 bits per heavy atom. The van der Waals surface area contributed by atoms with Crippen LogP contribution >= 0.6 is 35.3 Å². The molecule has 0 saturated heterocycles. The molecule has 0 unspecified atom stereocenters. The minimum Gasteiger partial charge on any atom is -0.357 e. The van der Waals surface area contributed by atoms with Gasteiger partial charge in [-0.15, -0.1) is 35.3 Å². The van der Waals surface area contributed by atoms with E-state index in [2.05, 4.69) is 20.6 Å². The first-order valence-electron chi connectivity index (χ1n) is 8.45. The fourth-order valence-corrected chi connectivity index (χ4v) is 4.28. The van der Waals surface area contributed by atoms with Gasteiger partial charge in [-0.1, -0.05) is 13.8 Å². The Labute approximate surface area is 178 Å². The topological polar surface area (TPSA) is 89.9 Å². The van der Waals surface area contributed by atoms with E-state index >= 15 is 0 Å². The number of nitrogens with zero attached hydrogens (tertiary/aromatic N) is 4. The summed E-state index contributed by atoms with van der Waals surface area (Å²) in [5.41, 5.74) is 0.890. The van der Waals surface area contributed by atoms with Crippen LogP contribution in [-0.2, 0) is 16.6 Å². The van der Waals surface area contributed by atoms with E-state index in [9.17, 15) is 8.42 Å². The number of aliphatic imine (C=N–C) groups is 1. The van der Waals surface area contributed by atoms with E-state index in [1.807, 2.05) is 45.1 Å². The molecule has 0 aromatic carbocycles. The van der Waals surface area contributed by atoms with Crippen molar-refractivity contribution in [3.63, 3.8) is 0 Å². The third-order valence-corrected chi connectivity index (χ3v) is 6.50. The van der Waals surface area contributed by atoms with Crippen LogP contribution in [0, 0.1) is 0 Å². The number of thiazole rings is 1. The first kappa shape index (κ1) is 25.3. The third-order valence-electron chi connectivity index (χ3n) is 3.42. The summed E-state index contributed by atoms with van der Waals surface area (Å²) in [6.45, 7) is 8.10. The van der Waals surface area contributed by atoms with E-state index in [0.717, 1.165) is 10.8 Å². The van der Waals surface area contributed by atoms with Crippen molar-refractivity contribution >= 4 is 56.4 Å². The van der Waals surface area contributed by atoms with Gasteiger partial charge in [-0.25, -0.2) is 22.7 Å². The zero-order chi connectivity index (χ0) is 18.9. The highest BCUT2D eigenvalue weighted by Gasteiger charge is 2.18. The number of hydrogen-bond donors (Lipinski definition) is 2. The number of sulfonamides is 1. The van der Waals surface area contributed by atoms with E-state index in [1.54, 1.807) is 11.3 Å². The number of guanidine groups is 1. The monoisotopic (exact) mass is 518 g/mol. The summed E-state index contributed by atoms with van der Waals surface area (Å²) in [5.74, 6) is 0.636. The van der Waals surface area contributed by atoms with Crippen molar-refractivity contribution in [1.82, 2.24) is 19.9 Å². The van der Waals surface area contributed by atoms with E-state index in [4.69, 9.17) is 0 Å². The first-order chi connectivity index (χ1) is 11.8. The summed E-state index contributed by atoms with van der Waals surface area (Å²) in [6, 6.07) is 0. The summed E-state index contributed by atoms with van der Waals surface area (Å²) in [4.78, 5) is 10.9. The molecule has 0 aliphatic rings. The number of rotatable bonds is 10. The highest BCUT2D eigenvalue weighted by molar-refractivity contribution is 14.0. The standard InChI is InChI=1S/C15H30N6O2S2.HI/c1-6-16-14(17-9-10-25(22,23)21(7-2)8-3)18-11-13-12-24-15(19-13)20(4)5;/h12H,6-11H2,1-5H3,(H2,16,17,18);1H. The number of nitrogens with one attached hydrogen (secondary N) is 2. The SMILES string of the molecule is CCNC(=NCc1csc(N(C)C)n1)NCCS(=O)(=O)N(CC)CC.I. The minimum atomic E-state index is -3.23. The van der Waals surface area contributed by atoms with Gasteiger partial charge < -0.3 is 15.5 Å². The lowest BCUT2D eigenvalue weighted by molar-refractivity contribution is 0.445.